The maximum Gasteiger partial charge on any atom is 0.147 e. The summed E-state index contributed by atoms with van der Waals surface area (Å²) in [6.45, 7) is 4.15. The standard InChI is InChI=1S/C7H12ClN3O/c1-2-12-4-3-11-6-9-10-7(11)5-8/h6H,2-5H2,1H3. The second-order valence-corrected chi connectivity index (χ2v) is 2.54. The number of nitrogens with zero attached hydrogens (tertiary/aromatic N) is 3. The van der Waals surface area contributed by atoms with Gasteiger partial charge in [0.15, 0.2) is 0 Å². The monoisotopic (exact) mass is 189 g/mol. The van der Waals surface area contributed by atoms with Crippen molar-refractivity contribution in [1.82, 2.24) is 14.8 Å². The lowest BCUT2D eigenvalue weighted by Gasteiger charge is -2.03. The zero-order valence-electron chi connectivity index (χ0n) is 7.03. The summed E-state index contributed by atoms with van der Waals surface area (Å²) >= 11 is 5.62. The molecule has 0 fully saturated rings. The van der Waals surface area contributed by atoms with Crippen LogP contribution in [0.1, 0.15) is 12.7 Å². The van der Waals surface area contributed by atoms with Crippen molar-refractivity contribution < 1.29 is 4.74 Å². The molecule has 0 amide bonds. The summed E-state index contributed by atoms with van der Waals surface area (Å²) in [6.07, 6.45) is 1.66. The van der Waals surface area contributed by atoms with Gasteiger partial charge < -0.3 is 9.30 Å². The van der Waals surface area contributed by atoms with Gasteiger partial charge in [0, 0.05) is 13.2 Å². The van der Waals surface area contributed by atoms with Crippen molar-refractivity contribution in [3.63, 3.8) is 0 Å². The Morgan fingerprint density at radius 2 is 2.50 bits per heavy atom. The lowest BCUT2D eigenvalue weighted by atomic mass is 10.6. The molecular weight excluding hydrogens is 178 g/mol. The van der Waals surface area contributed by atoms with E-state index >= 15 is 0 Å². The van der Waals surface area contributed by atoms with Crippen molar-refractivity contribution in [3.05, 3.63) is 12.2 Å². The quantitative estimate of drug-likeness (QED) is 0.514. The molecule has 1 aromatic heterocycles. The number of rotatable bonds is 5. The van der Waals surface area contributed by atoms with E-state index in [0.717, 1.165) is 19.0 Å². The Hall–Kier alpha value is -0.610. The molecule has 0 bridgehead atoms. The number of hydrogen-bond donors (Lipinski definition) is 0. The number of aromatic nitrogens is 3. The highest BCUT2D eigenvalue weighted by molar-refractivity contribution is 6.16. The largest absolute Gasteiger partial charge is 0.380 e. The van der Waals surface area contributed by atoms with E-state index in [1.54, 1.807) is 6.33 Å². The molecule has 0 unspecified atom stereocenters. The molecule has 0 atom stereocenters. The van der Waals surface area contributed by atoms with Gasteiger partial charge in [0.25, 0.3) is 0 Å². The van der Waals surface area contributed by atoms with Crippen LogP contribution in [0.4, 0.5) is 0 Å². The van der Waals surface area contributed by atoms with Gasteiger partial charge in [-0.15, -0.1) is 21.8 Å². The first-order valence-electron chi connectivity index (χ1n) is 3.89. The molecular formula is C7H12ClN3O. The molecule has 0 N–H and O–H groups in total. The number of alkyl halides is 1. The van der Waals surface area contributed by atoms with E-state index in [2.05, 4.69) is 10.2 Å². The highest BCUT2D eigenvalue weighted by Crippen LogP contribution is 1.98. The first kappa shape index (κ1) is 9.48. The van der Waals surface area contributed by atoms with Gasteiger partial charge in [-0.2, -0.15) is 0 Å². The summed E-state index contributed by atoms with van der Waals surface area (Å²) in [5.74, 6) is 1.18. The van der Waals surface area contributed by atoms with Crippen molar-refractivity contribution >= 4 is 11.6 Å². The van der Waals surface area contributed by atoms with Crippen molar-refractivity contribution in [1.29, 1.82) is 0 Å². The topological polar surface area (TPSA) is 39.9 Å². The van der Waals surface area contributed by atoms with Crippen molar-refractivity contribution in [2.24, 2.45) is 0 Å². The summed E-state index contributed by atoms with van der Waals surface area (Å²) in [4.78, 5) is 0. The van der Waals surface area contributed by atoms with Gasteiger partial charge in [-0.05, 0) is 6.92 Å². The van der Waals surface area contributed by atoms with Gasteiger partial charge in [0.1, 0.15) is 12.2 Å². The van der Waals surface area contributed by atoms with Crippen LogP contribution in [0.2, 0.25) is 0 Å². The Labute approximate surface area is 76.5 Å². The van der Waals surface area contributed by atoms with Gasteiger partial charge in [-0.25, -0.2) is 0 Å². The average molecular weight is 190 g/mol. The van der Waals surface area contributed by atoms with E-state index in [1.165, 1.54) is 0 Å². The van der Waals surface area contributed by atoms with Crippen molar-refractivity contribution in [2.45, 2.75) is 19.3 Å². The number of halogens is 1. The first-order chi connectivity index (χ1) is 5.88. The second kappa shape index (κ2) is 5.11. The molecule has 0 aromatic carbocycles. The Morgan fingerprint density at radius 3 is 3.17 bits per heavy atom. The summed E-state index contributed by atoms with van der Waals surface area (Å²) in [5.41, 5.74) is 0. The van der Waals surface area contributed by atoms with E-state index in [-0.39, 0.29) is 0 Å². The summed E-state index contributed by atoms with van der Waals surface area (Å²) < 4.78 is 7.08. The van der Waals surface area contributed by atoms with Gasteiger partial charge in [0.05, 0.1) is 12.5 Å². The fraction of sp³-hybridized carbons (Fsp3) is 0.714. The predicted molar refractivity (Wildman–Crippen MR) is 46.1 cm³/mol. The summed E-state index contributed by atoms with van der Waals surface area (Å²) in [5, 5.41) is 7.58. The lowest BCUT2D eigenvalue weighted by molar-refractivity contribution is 0.138. The van der Waals surface area contributed by atoms with Crippen LogP contribution in [-0.2, 0) is 17.2 Å². The van der Waals surface area contributed by atoms with E-state index in [9.17, 15) is 0 Å². The molecule has 0 spiro atoms. The maximum absolute atomic E-state index is 5.62. The van der Waals surface area contributed by atoms with E-state index in [1.807, 2.05) is 11.5 Å². The zero-order valence-corrected chi connectivity index (χ0v) is 7.79. The van der Waals surface area contributed by atoms with E-state index in [4.69, 9.17) is 16.3 Å². The third-order valence-electron chi connectivity index (χ3n) is 1.50. The minimum atomic E-state index is 0.395. The van der Waals surface area contributed by atoms with Crippen LogP contribution in [0, 0.1) is 0 Å². The predicted octanol–water partition coefficient (Wildman–Crippen LogP) is 1.05. The highest BCUT2D eigenvalue weighted by atomic mass is 35.5. The van der Waals surface area contributed by atoms with E-state index in [0.29, 0.717) is 12.5 Å². The second-order valence-electron chi connectivity index (χ2n) is 2.27. The third-order valence-corrected chi connectivity index (χ3v) is 1.73. The summed E-state index contributed by atoms with van der Waals surface area (Å²) in [7, 11) is 0. The molecule has 0 aliphatic carbocycles. The number of ether oxygens (including phenoxy) is 1. The number of hydrogen-bond acceptors (Lipinski definition) is 3. The van der Waals surface area contributed by atoms with Gasteiger partial charge in [0.2, 0.25) is 0 Å². The minimum Gasteiger partial charge on any atom is -0.380 e. The summed E-state index contributed by atoms with van der Waals surface area (Å²) in [6, 6.07) is 0. The smallest absolute Gasteiger partial charge is 0.147 e. The zero-order chi connectivity index (χ0) is 8.81. The Kier molecular flexibility index (Phi) is 4.04. The molecule has 0 saturated carbocycles. The van der Waals surface area contributed by atoms with E-state index < -0.39 is 0 Å². The molecule has 0 aliphatic heterocycles. The molecule has 68 valence electrons. The highest BCUT2D eigenvalue weighted by Gasteiger charge is 2.00. The van der Waals surface area contributed by atoms with Crippen LogP contribution in [0.3, 0.4) is 0 Å². The molecule has 0 radical (unpaired) electrons. The maximum atomic E-state index is 5.62. The van der Waals surface area contributed by atoms with Crippen LogP contribution in [-0.4, -0.2) is 28.0 Å². The Balaban J connectivity index is 2.39. The molecule has 4 nitrogen and oxygen atoms in total. The molecule has 0 saturated heterocycles. The minimum absolute atomic E-state index is 0.395. The van der Waals surface area contributed by atoms with Crippen molar-refractivity contribution in [3.8, 4) is 0 Å². The Morgan fingerprint density at radius 1 is 1.67 bits per heavy atom. The lowest BCUT2D eigenvalue weighted by Crippen LogP contribution is -2.07. The van der Waals surface area contributed by atoms with Crippen LogP contribution in [0.15, 0.2) is 6.33 Å². The van der Waals surface area contributed by atoms with Crippen LogP contribution in [0.5, 0.6) is 0 Å². The first-order valence-corrected chi connectivity index (χ1v) is 4.42. The van der Waals surface area contributed by atoms with Crippen molar-refractivity contribution in [2.75, 3.05) is 13.2 Å². The molecule has 5 heteroatoms. The fourth-order valence-corrected chi connectivity index (χ4v) is 1.08. The third kappa shape index (κ3) is 2.46. The molecule has 1 rings (SSSR count). The Bertz CT molecular complexity index is 226. The van der Waals surface area contributed by atoms with Gasteiger partial charge in [-0.1, -0.05) is 0 Å². The van der Waals surface area contributed by atoms with Gasteiger partial charge in [-0.3, -0.25) is 0 Å². The average Bonchev–Trinajstić information content (AvgIpc) is 2.52. The fourth-order valence-electron chi connectivity index (χ4n) is 0.876. The molecule has 12 heavy (non-hydrogen) atoms. The molecule has 1 aromatic rings. The van der Waals surface area contributed by atoms with Crippen LogP contribution >= 0.6 is 11.6 Å². The molecule has 0 aliphatic rings. The van der Waals surface area contributed by atoms with Crippen LogP contribution < -0.4 is 0 Å². The molecule has 1 heterocycles. The normalized spacial score (nSPS) is 10.5. The van der Waals surface area contributed by atoms with Crippen LogP contribution in [0.25, 0.3) is 0 Å². The van der Waals surface area contributed by atoms with Gasteiger partial charge >= 0.3 is 0 Å². The SMILES string of the molecule is CCOCCn1cnnc1CCl.